The maximum atomic E-state index is 11.8. The van der Waals surface area contributed by atoms with Crippen LogP contribution in [-0.2, 0) is 4.79 Å². The van der Waals surface area contributed by atoms with Crippen LogP contribution in [-0.4, -0.2) is 39.8 Å². The molecule has 1 atom stereocenters. The maximum Gasteiger partial charge on any atom is 0.244 e. The number of anilines is 1. The third-order valence-corrected chi connectivity index (χ3v) is 3.18. The lowest BCUT2D eigenvalue weighted by Crippen LogP contribution is -2.31. The van der Waals surface area contributed by atoms with Crippen LogP contribution in [0, 0.1) is 0 Å². The molecule has 1 unspecified atom stereocenters. The van der Waals surface area contributed by atoms with E-state index < -0.39 is 0 Å². The third-order valence-electron chi connectivity index (χ3n) is 3.18. The van der Waals surface area contributed by atoms with E-state index in [2.05, 4.69) is 10.3 Å². The molecule has 1 aliphatic heterocycles. The van der Waals surface area contributed by atoms with Gasteiger partial charge in [0, 0.05) is 26.0 Å². The second-order valence-corrected chi connectivity index (χ2v) is 4.31. The molecule has 17 heavy (non-hydrogen) atoms. The highest BCUT2D eigenvalue weighted by molar-refractivity contribution is 5.86. The molecule has 3 heterocycles. The van der Waals surface area contributed by atoms with Crippen molar-refractivity contribution in [2.45, 2.75) is 12.5 Å². The Morgan fingerprint density at radius 2 is 2.35 bits per heavy atom. The van der Waals surface area contributed by atoms with Gasteiger partial charge in [-0.2, -0.15) is 0 Å². The number of fused-ring (bicyclic) bond motifs is 1. The minimum atomic E-state index is -0.118. The van der Waals surface area contributed by atoms with Crippen LogP contribution in [0.4, 0.5) is 5.82 Å². The largest absolute Gasteiger partial charge is 0.359 e. The summed E-state index contributed by atoms with van der Waals surface area (Å²) in [5.74, 6) is 1.07. The topological polar surface area (TPSA) is 49.6 Å². The van der Waals surface area contributed by atoms with Gasteiger partial charge in [-0.3, -0.25) is 9.20 Å². The Bertz CT molecular complexity index is 562. The molecule has 0 saturated carbocycles. The van der Waals surface area contributed by atoms with E-state index >= 15 is 0 Å². The molecule has 5 heteroatoms. The van der Waals surface area contributed by atoms with Gasteiger partial charge in [-0.05, 0) is 18.6 Å². The van der Waals surface area contributed by atoms with Crippen molar-refractivity contribution in [3.05, 3.63) is 30.6 Å². The van der Waals surface area contributed by atoms with Gasteiger partial charge >= 0.3 is 0 Å². The van der Waals surface area contributed by atoms with Crippen LogP contribution in [0.25, 0.3) is 5.65 Å². The molecule has 0 aliphatic carbocycles. The first-order valence-electron chi connectivity index (χ1n) is 5.69. The van der Waals surface area contributed by atoms with Gasteiger partial charge in [-0.25, -0.2) is 4.98 Å². The average Bonchev–Trinajstić information content (AvgIpc) is 2.91. The van der Waals surface area contributed by atoms with Crippen molar-refractivity contribution in [3.63, 3.8) is 0 Å². The first-order chi connectivity index (χ1) is 8.25. The van der Waals surface area contributed by atoms with E-state index in [0.29, 0.717) is 0 Å². The fraction of sp³-hybridized carbons (Fsp3) is 0.333. The summed E-state index contributed by atoms with van der Waals surface area (Å²) in [4.78, 5) is 17.8. The van der Waals surface area contributed by atoms with Gasteiger partial charge in [-0.1, -0.05) is 6.07 Å². The van der Waals surface area contributed by atoms with E-state index in [1.165, 1.54) is 0 Å². The van der Waals surface area contributed by atoms with Gasteiger partial charge in [0.1, 0.15) is 17.5 Å². The summed E-state index contributed by atoms with van der Waals surface area (Å²) in [6, 6.07) is 5.72. The zero-order chi connectivity index (χ0) is 11.8. The van der Waals surface area contributed by atoms with E-state index in [0.717, 1.165) is 24.4 Å². The van der Waals surface area contributed by atoms with Crippen LogP contribution in [0.5, 0.6) is 0 Å². The van der Waals surface area contributed by atoms with E-state index in [-0.39, 0.29) is 11.9 Å². The fourth-order valence-corrected chi connectivity index (χ4v) is 2.20. The Balaban J connectivity index is 1.90. The number of carbonyl (C=O) groups excluding carboxylic acids is 1. The molecule has 1 fully saturated rings. The Morgan fingerprint density at radius 3 is 3.12 bits per heavy atom. The molecule has 2 aromatic heterocycles. The molecule has 0 spiro atoms. The molecule has 1 saturated heterocycles. The zero-order valence-corrected chi connectivity index (χ0v) is 9.63. The first kappa shape index (κ1) is 10.1. The molecule has 0 bridgehead atoms. The SMILES string of the molecule is CN1CCC(Nc2cccc3nccn23)C1=O. The Hall–Kier alpha value is -2.04. The molecule has 5 nitrogen and oxygen atoms in total. The normalized spacial score (nSPS) is 20.2. The minimum Gasteiger partial charge on any atom is -0.359 e. The number of imidazole rings is 1. The van der Waals surface area contributed by atoms with Gasteiger partial charge in [0.15, 0.2) is 0 Å². The van der Waals surface area contributed by atoms with Crippen molar-refractivity contribution in [3.8, 4) is 0 Å². The van der Waals surface area contributed by atoms with Crippen molar-refractivity contribution in [1.29, 1.82) is 0 Å². The second-order valence-electron chi connectivity index (χ2n) is 4.31. The number of nitrogens with zero attached hydrogens (tertiary/aromatic N) is 3. The van der Waals surface area contributed by atoms with Crippen molar-refractivity contribution in [2.24, 2.45) is 0 Å². The van der Waals surface area contributed by atoms with Crippen LogP contribution < -0.4 is 5.32 Å². The van der Waals surface area contributed by atoms with Gasteiger partial charge in [0.05, 0.1) is 0 Å². The third kappa shape index (κ3) is 1.63. The number of amides is 1. The van der Waals surface area contributed by atoms with Crippen LogP contribution in [0.1, 0.15) is 6.42 Å². The zero-order valence-electron chi connectivity index (χ0n) is 9.63. The lowest BCUT2D eigenvalue weighted by atomic mass is 10.2. The van der Waals surface area contributed by atoms with Crippen LogP contribution >= 0.6 is 0 Å². The molecule has 2 aromatic rings. The highest BCUT2D eigenvalue weighted by Crippen LogP contribution is 2.17. The number of rotatable bonds is 2. The summed E-state index contributed by atoms with van der Waals surface area (Å²) in [6.45, 7) is 0.816. The number of carbonyl (C=O) groups is 1. The molecule has 3 rings (SSSR count). The summed E-state index contributed by atoms with van der Waals surface area (Å²) in [5, 5.41) is 3.28. The summed E-state index contributed by atoms with van der Waals surface area (Å²) in [5.41, 5.74) is 0.883. The Morgan fingerprint density at radius 1 is 1.47 bits per heavy atom. The van der Waals surface area contributed by atoms with Gasteiger partial charge in [0.25, 0.3) is 0 Å². The molecule has 1 N–H and O–H groups in total. The lowest BCUT2D eigenvalue weighted by molar-refractivity contribution is -0.127. The van der Waals surface area contributed by atoms with Crippen molar-refractivity contribution < 1.29 is 4.79 Å². The predicted octanol–water partition coefficient (Wildman–Crippen LogP) is 0.977. The fourth-order valence-electron chi connectivity index (χ4n) is 2.20. The monoisotopic (exact) mass is 230 g/mol. The minimum absolute atomic E-state index is 0.118. The lowest BCUT2D eigenvalue weighted by Gasteiger charge is -2.14. The van der Waals surface area contributed by atoms with Crippen LogP contribution in [0.3, 0.4) is 0 Å². The number of likely N-dealkylation sites (tertiary alicyclic amines) is 1. The van der Waals surface area contributed by atoms with Gasteiger partial charge in [0.2, 0.25) is 5.91 Å². The molecule has 0 radical (unpaired) electrons. The standard InChI is InChI=1S/C12H14N4O/c1-15-7-5-9(12(15)17)14-11-4-2-3-10-13-6-8-16(10)11/h2-4,6,8-9,14H,5,7H2,1H3. The van der Waals surface area contributed by atoms with Gasteiger partial charge < -0.3 is 10.2 Å². The summed E-state index contributed by atoms with van der Waals surface area (Å²) in [6.07, 6.45) is 4.49. The van der Waals surface area contributed by atoms with Crippen LogP contribution in [0.15, 0.2) is 30.6 Å². The maximum absolute atomic E-state index is 11.8. The van der Waals surface area contributed by atoms with Crippen LogP contribution in [0.2, 0.25) is 0 Å². The summed E-state index contributed by atoms with van der Waals surface area (Å²) in [7, 11) is 1.84. The number of likely N-dealkylation sites (N-methyl/N-ethyl adjacent to an activating group) is 1. The second kappa shape index (κ2) is 3.76. The molecular weight excluding hydrogens is 216 g/mol. The average molecular weight is 230 g/mol. The number of hydrogen-bond acceptors (Lipinski definition) is 3. The van der Waals surface area contributed by atoms with E-state index in [1.54, 1.807) is 11.1 Å². The highest BCUT2D eigenvalue weighted by atomic mass is 16.2. The van der Waals surface area contributed by atoms with Crippen molar-refractivity contribution >= 4 is 17.4 Å². The van der Waals surface area contributed by atoms with E-state index in [1.807, 2.05) is 35.8 Å². The van der Waals surface area contributed by atoms with E-state index in [9.17, 15) is 4.79 Å². The molecule has 88 valence electrons. The number of hydrogen-bond donors (Lipinski definition) is 1. The number of pyridine rings is 1. The summed E-state index contributed by atoms with van der Waals surface area (Å²) < 4.78 is 1.95. The number of aromatic nitrogens is 2. The number of nitrogens with one attached hydrogen (secondary N) is 1. The Kier molecular flexibility index (Phi) is 2.24. The molecule has 1 aliphatic rings. The molecule has 1 amide bonds. The van der Waals surface area contributed by atoms with Crippen molar-refractivity contribution in [1.82, 2.24) is 14.3 Å². The van der Waals surface area contributed by atoms with E-state index in [4.69, 9.17) is 0 Å². The molecular formula is C12H14N4O. The smallest absolute Gasteiger partial charge is 0.244 e. The predicted molar refractivity (Wildman–Crippen MR) is 64.9 cm³/mol. The summed E-state index contributed by atoms with van der Waals surface area (Å²) >= 11 is 0. The first-order valence-corrected chi connectivity index (χ1v) is 5.69. The molecule has 0 aromatic carbocycles. The highest BCUT2D eigenvalue weighted by Gasteiger charge is 2.29. The van der Waals surface area contributed by atoms with Crippen molar-refractivity contribution in [2.75, 3.05) is 18.9 Å². The van der Waals surface area contributed by atoms with Gasteiger partial charge in [-0.15, -0.1) is 0 Å². The quantitative estimate of drug-likeness (QED) is 0.836. The Labute approximate surface area is 99.1 Å².